The van der Waals surface area contributed by atoms with Gasteiger partial charge in [-0.3, -0.25) is 0 Å². The predicted octanol–water partition coefficient (Wildman–Crippen LogP) is 5.38. The Hall–Kier alpha value is -0.920. The van der Waals surface area contributed by atoms with Crippen LogP contribution in [0.2, 0.25) is 0 Å². The summed E-state index contributed by atoms with van der Waals surface area (Å²) in [5.74, 6) is 0. The highest BCUT2D eigenvalue weighted by molar-refractivity contribution is 5.30. The molecule has 0 nitrogen and oxygen atoms in total. The maximum atomic E-state index is 11.9. The third-order valence-electron chi connectivity index (χ3n) is 1.31. The van der Waals surface area contributed by atoms with E-state index < -0.39 is 6.43 Å². The second-order valence-electron chi connectivity index (χ2n) is 2.20. The zero-order chi connectivity index (χ0) is 12.9. The molecular weight excluding hydrogens is 194 g/mol. The Morgan fingerprint density at radius 2 is 1.53 bits per heavy atom. The number of hydrogen-bond acceptors (Lipinski definition) is 0. The molecule has 0 aromatic carbocycles. The van der Waals surface area contributed by atoms with Gasteiger partial charge >= 0.3 is 0 Å². The molecule has 0 atom stereocenters. The number of halogens is 2. The van der Waals surface area contributed by atoms with Crippen molar-refractivity contribution in [3.63, 3.8) is 0 Å². The van der Waals surface area contributed by atoms with Gasteiger partial charge in [-0.2, -0.15) is 0 Å². The summed E-state index contributed by atoms with van der Waals surface area (Å²) >= 11 is 0. The van der Waals surface area contributed by atoms with Gasteiger partial charge in [-0.25, -0.2) is 8.78 Å². The minimum absolute atomic E-state index is 0.108. The van der Waals surface area contributed by atoms with Crippen molar-refractivity contribution in [2.75, 3.05) is 0 Å². The lowest BCUT2D eigenvalue weighted by atomic mass is 10.1. The summed E-state index contributed by atoms with van der Waals surface area (Å²) in [5, 5.41) is 0. The minimum atomic E-state index is -2.45. The minimum Gasteiger partial charge on any atom is -0.205 e. The van der Waals surface area contributed by atoms with E-state index in [0.717, 1.165) is 0 Å². The monoisotopic (exact) mass is 218 g/mol. The Balaban J connectivity index is -0.000000318. The molecule has 0 saturated carbocycles. The van der Waals surface area contributed by atoms with Gasteiger partial charge in [-0.15, -0.1) is 0 Å². The van der Waals surface area contributed by atoms with E-state index in [4.69, 9.17) is 0 Å². The molecule has 0 aliphatic carbocycles. The van der Waals surface area contributed by atoms with Crippen LogP contribution in [0.1, 0.15) is 41.5 Å². The number of rotatable bonds is 3. The highest BCUT2D eigenvalue weighted by Crippen LogP contribution is 2.15. The molecule has 0 N–H and O–H groups in total. The Labute approximate surface area is 93.4 Å². The molecule has 0 radical (unpaired) electrons. The molecule has 0 fully saturated rings. The fraction of sp³-hybridized carbons (Fsp3) is 0.538. The molecule has 0 aliphatic rings. The SMILES string of the molecule is C=C(/C(C)=C\C=C\C)C(F)F.CC.CC. The van der Waals surface area contributed by atoms with Gasteiger partial charge in [0, 0.05) is 5.57 Å². The Kier molecular flexibility index (Phi) is 20.3. The Morgan fingerprint density at radius 1 is 1.13 bits per heavy atom. The number of alkyl halides is 2. The summed E-state index contributed by atoms with van der Waals surface area (Å²) in [6.07, 6.45) is 2.66. The third-order valence-corrected chi connectivity index (χ3v) is 1.31. The quantitative estimate of drug-likeness (QED) is 0.558. The van der Waals surface area contributed by atoms with Crippen LogP contribution in [-0.4, -0.2) is 6.43 Å². The second kappa shape index (κ2) is 15.5. The van der Waals surface area contributed by atoms with Gasteiger partial charge in [0.15, 0.2) is 0 Å². The van der Waals surface area contributed by atoms with Gasteiger partial charge in [-0.05, 0) is 19.4 Å². The summed E-state index contributed by atoms with van der Waals surface area (Å²) in [4.78, 5) is 0. The largest absolute Gasteiger partial charge is 0.263 e. The van der Waals surface area contributed by atoms with Crippen molar-refractivity contribution in [3.05, 3.63) is 36.0 Å². The molecule has 0 aromatic heterocycles. The van der Waals surface area contributed by atoms with Crippen LogP contribution in [0.4, 0.5) is 8.78 Å². The van der Waals surface area contributed by atoms with Crippen molar-refractivity contribution < 1.29 is 8.78 Å². The fourth-order valence-corrected chi connectivity index (χ4v) is 0.520. The Bertz CT molecular complexity index is 189. The van der Waals surface area contributed by atoms with E-state index in [2.05, 4.69) is 6.58 Å². The van der Waals surface area contributed by atoms with Crippen LogP contribution in [-0.2, 0) is 0 Å². The smallest absolute Gasteiger partial charge is 0.205 e. The van der Waals surface area contributed by atoms with Crippen LogP contribution < -0.4 is 0 Å². The van der Waals surface area contributed by atoms with Crippen molar-refractivity contribution >= 4 is 0 Å². The standard InChI is InChI=1S/C9H12F2.2C2H6/c1-4-5-6-7(2)8(3)9(10)11;2*1-2/h4-6,9H,3H2,1-2H3;2*1-2H3/b5-4+,7-6-;;. The third kappa shape index (κ3) is 13.1. The summed E-state index contributed by atoms with van der Waals surface area (Å²) in [6, 6.07) is 0. The van der Waals surface area contributed by atoms with Crippen molar-refractivity contribution in [2.24, 2.45) is 0 Å². The van der Waals surface area contributed by atoms with E-state index >= 15 is 0 Å². The van der Waals surface area contributed by atoms with Crippen LogP contribution in [0.25, 0.3) is 0 Å². The van der Waals surface area contributed by atoms with E-state index in [1.165, 1.54) is 0 Å². The molecule has 0 unspecified atom stereocenters. The summed E-state index contributed by atoms with van der Waals surface area (Å²) in [5.41, 5.74) is 0.418. The lowest BCUT2D eigenvalue weighted by Gasteiger charge is -2.01. The van der Waals surface area contributed by atoms with Crippen LogP contribution >= 0.6 is 0 Å². The van der Waals surface area contributed by atoms with E-state index in [1.807, 2.05) is 34.6 Å². The highest BCUT2D eigenvalue weighted by Gasteiger charge is 2.08. The molecule has 0 aromatic rings. The number of hydrogen-bond donors (Lipinski definition) is 0. The topological polar surface area (TPSA) is 0 Å². The van der Waals surface area contributed by atoms with E-state index in [1.54, 1.807) is 25.2 Å². The predicted molar refractivity (Wildman–Crippen MR) is 66.4 cm³/mol. The van der Waals surface area contributed by atoms with Gasteiger partial charge in [0.1, 0.15) is 0 Å². The van der Waals surface area contributed by atoms with Gasteiger partial charge in [0.25, 0.3) is 6.43 Å². The molecular formula is C13H24F2. The van der Waals surface area contributed by atoms with E-state index in [9.17, 15) is 8.78 Å². The van der Waals surface area contributed by atoms with Crippen LogP contribution in [0.5, 0.6) is 0 Å². The lowest BCUT2D eigenvalue weighted by Crippen LogP contribution is -1.95. The molecule has 0 bridgehead atoms. The molecule has 90 valence electrons. The van der Waals surface area contributed by atoms with Gasteiger partial charge in [0.2, 0.25) is 0 Å². The average Bonchev–Trinajstić information content (AvgIpc) is 2.30. The molecule has 0 saturated heterocycles. The van der Waals surface area contributed by atoms with Crippen molar-refractivity contribution in [1.82, 2.24) is 0 Å². The number of allylic oxidation sites excluding steroid dienone is 5. The van der Waals surface area contributed by atoms with Crippen molar-refractivity contribution in [2.45, 2.75) is 48.0 Å². The van der Waals surface area contributed by atoms with Crippen LogP contribution in [0, 0.1) is 0 Å². The van der Waals surface area contributed by atoms with Crippen LogP contribution in [0.15, 0.2) is 36.0 Å². The van der Waals surface area contributed by atoms with Crippen molar-refractivity contribution in [1.29, 1.82) is 0 Å². The molecule has 0 heterocycles. The lowest BCUT2D eigenvalue weighted by molar-refractivity contribution is 0.193. The molecule has 0 rings (SSSR count). The first-order valence-electron chi connectivity index (χ1n) is 5.36. The van der Waals surface area contributed by atoms with Gasteiger partial charge < -0.3 is 0 Å². The summed E-state index contributed by atoms with van der Waals surface area (Å²) in [6.45, 7) is 14.7. The van der Waals surface area contributed by atoms with E-state index in [0.29, 0.717) is 5.57 Å². The fourth-order valence-electron chi connectivity index (χ4n) is 0.520. The summed E-state index contributed by atoms with van der Waals surface area (Å²) < 4.78 is 23.9. The first-order chi connectivity index (χ1) is 7.09. The normalized spacial score (nSPS) is 10.3. The van der Waals surface area contributed by atoms with E-state index in [-0.39, 0.29) is 5.57 Å². The van der Waals surface area contributed by atoms with Gasteiger partial charge in [-0.1, -0.05) is 52.5 Å². The van der Waals surface area contributed by atoms with Crippen LogP contribution in [0.3, 0.4) is 0 Å². The molecule has 0 amide bonds. The molecule has 2 heteroatoms. The maximum absolute atomic E-state index is 11.9. The molecule has 15 heavy (non-hydrogen) atoms. The Morgan fingerprint density at radius 3 is 1.80 bits per heavy atom. The molecule has 0 aliphatic heterocycles. The maximum Gasteiger partial charge on any atom is 0.263 e. The van der Waals surface area contributed by atoms with Gasteiger partial charge in [0.05, 0.1) is 0 Å². The second-order valence-corrected chi connectivity index (χ2v) is 2.20. The first kappa shape index (κ1) is 19.6. The highest BCUT2D eigenvalue weighted by atomic mass is 19.3. The zero-order valence-electron chi connectivity index (χ0n) is 10.8. The average molecular weight is 218 g/mol. The summed E-state index contributed by atoms with van der Waals surface area (Å²) in [7, 11) is 0. The first-order valence-corrected chi connectivity index (χ1v) is 5.36. The molecule has 0 spiro atoms. The zero-order valence-corrected chi connectivity index (χ0v) is 10.8. The van der Waals surface area contributed by atoms with Crippen molar-refractivity contribution in [3.8, 4) is 0 Å².